The number of likely N-dealkylation sites (tertiary alicyclic amines) is 1. The predicted octanol–water partition coefficient (Wildman–Crippen LogP) is 2.58. The predicted molar refractivity (Wildman–Crippen MR) is 70.5 cm³/mol. The van der Waals surface area contributed by atoms with Gasteiger partial charge in [0.1, 0.15) is 0 Å². The maximum Gasteiger partial charge on any atom is 0.324 e. The van der Waals surface area contributed by atoms with Gasteiger partial charge in [0.05, 0.1) is 11.0 Å². The molecule has 0 saturated carbocycles. The SMILES string of the molecule is O=C(Nc1nc2ccccc2[nH]1)N1CCCCC1. The number of para-hydroxylation sites is 2. The van der Waals surface area contributed by atoms with Crippen molar-refractivity contribution < 1.29 is 4.79 Å². The Bertz CT molecular complexity index is 524. The third kappa shape index (κ3) is 2.16. The Hall–Kier alpha value is -2.04. The number of aromatic nitrogens is 2. The first-order valence-corrected chi connectivity index (χ1v) is 6.33. The number of rotatable bonds is 1. The van der Waals surface area contributed by atoms with E-state index in [1.54, 1.807) is 0 Å². The van der Waals surface area contributed by atoms with Gasteiger partial charge in [-0.25, -0.2) is 9.78 Å². The maximum absolute atomic E-state index is 12.0. The number of nitrogens with one attached hydrogen (secondary N) is 2. The zero-order valence-electron chi connectivity index (χ0n) is 10.1. The molecule has 2 N–H and O–H groups in total. The van der Waals surface area contributed by atoms with Crippen molar-refractivity contribution in [2.24, 2.45) is 0 Å². The minimum atomic E-state index is -0.0613. The van der Waals surface area contributed by atoms with Gasteiger partial charge >= 0.3 is 6.03 Å². The highest BCUT2D eigenvalue weighted by Gasteiger charge is 2.17. The molecule has 1 fully saturated rings. The van der Waals surface area contributed by atoms with Crippen LogP contribution in [-0.2, 0) is 0 Å². The van der Waals surface area contributed by atoms with Crippen molar-refractivity contribution in [3.05, 3.63) is 24.3 Å². The van der Waals surface area contributed by atoms with Crippen LogP contribution in [0.4, 0.5) is 10.7 Å². The molecule has 2 heterocycles. The summed E-state index contributed by atoms with van der Waals surface area (Å²) in [6.45, 7) is 1.68. The van der Waals surface area contributed by atoms with Crippen molar-refractivity contribution in [3.8, 4) is 0 Å². The van der Waals surface area contributed by atoms with E-state index in [2.05, 4.69) is 15.3 Å². The number of hydrogen-bond acceptors (Lipinski definition) is 2. The zero-order valence-corrected chi connectivity index (χ0v) is 10.1. The molecule has 0 atom stereocenters. The topological polar surface area (TPSA) is 61.0 Å². The van der Waals surface area contributed by atoms with Crippen LogP contribution < -0.4 is 5.32 Å². The van der Waals surface area contributed by atoms with E-state index >= 15 is 0 Å². The summed E-state index contributed by atoms with van der Waals surface area (Å²) in [6.07, 6.45) is 3.40. The molecule has 1 saturated heterocycles. The Labute approximate surface area is 105 Å². The molecule has 0 aliphatic carbocycles. The van der Waals surface area contributed by atoms with Gasteiger partial charge < -0.3 is 9.88 Å². The van der Waals surface area contributed by atoms with Gasteiger partial charge in [0.2, 0.25) is 5.95 Å². The largest absolute Gasteiger partial charge is 0.324 e. The molecule has 94 valence electrons. The van der Waals surface area contributed by atoms with Gasteiger partial charge in [-0.3, -0.25) is 5.32 Å². The zero-order chi connectivity index (χ0) is 12.4. The average molecular weight is 244 g/mol. The quantitative estimate of drug-likeness (QED) is 0.810. The van der Waals surface area contributed by atoms with E-state index in [9.17, 15) is 4.79 Å². The van der Waals surface area contributed by atoms with Crippen LogP contribution in [0, 0.1) is 0 Å². The van der Waals surface area contributed by atoms with Gasteiger partial charge in [0.25, 0.3) is 0 Å². The molecule has 18 heavy (non-hydrogen) atoms. The number of carbonyl (C=O) groups excluding carboxylic acids is 1. The number of benzene rings is 1. The molecule has 0 bridgehead atoms. The summed E-state index contributed by atoms with van der Waals surface area (Å²) >= 11 is 0. The van der Waals surface area contributed by atoms with E-state index in [1.165, 1.54) is 6.42 Å². The smallest absolute Gasteiger partial charge is 0.324 e. The molecule has 0 radical (unpaired) electrons. The van der Waals surface area contributed by atoms with Crippen molar-refractivity contribution in [2.45, 2.75) is 19.3 Å². The second-order valence-electron chi connectivity index (χ2n) is 4.58. The first-order valence-electron chi connectivity index (χ1n) is 6.33. The molecule has 3 rings (SSSR count). The molecule has 5 heteroatoms. The Morgan fingerprint density at radius 1 is 1.22 bits per heavy atom. The lowest BCUT2D eigenvalue weighted by atomic mass is 10.1. The summed E-state index contributed by atoms with van der Waals surface area (Å²) in [4.78, 5) is 21.3. The fourth-order valence-corrected chi connectivity index (χ4v) is 2.29. The molecular weight excluding hydrogens is 228 g/mol. The summed E-state index contributed by atoms with van der Waals surface area (Å²) in [5.74, 6) is 0.520. The van der Waals surface area contributed by atoms with Gasteiger partial charge in [-0.2, -0.15) is 0 Å². The number of urea groups is 1. The lowest BCUT2D eigenvalue weighted by molar-refractivity contribution is 0.200. The third-order valence-corrected chi connectivity index (χ3v) is 3.26. The summed E-state index contributed by atoms with van der Waals surface area (Å²) in [5, 5.41) is 2.82. The van der Waals surface area contributed by atoms with Gasteiger partial charge in [-0.15, -0.1) is 0 Å². The van der Waals surface area contributed by atoms with E-state index in [0.29, 0.717) is 5.95 Å². The van der Waals surface area contributed by atoms with Crippen LogP contribution in [0.5, 0.6) is 0 Å². The normalized spacial score (nSPS) is 15.9. The van der Waals surface area contributed by atoms with Gasteiger partial charge in [0, 0.05) is 13.1 Å². The van der Waals surface area contributed by atoms with Crippen LogP contribution in [0.2, 0.25) is 0 Å². The maximum atomic E-state index is 12.0. The highest BCUT2D eigenvalue weighted by molar-refractivity contribution is 5.89. The minimum absolute atomic E-state index is 0.0613. The third-order valence-electron chi connectivity index (χ3n) is 3.26. The molecule has 1 aliphatic heterocycles. The standard InChI is InChI=1S/C13H16N4O/c18-13(17-8-4-1-5-9-17)16-12-14-10-6-2-3-7-11(10)15-12/h2-3,6-7H,1,4-5,8-9H2,(H2,14,15,16,18). The number of amides is 2. The van der Waals surface area contributed by atoms with Gasteiger partial charge in [0.15, 0.2) is 0 Å². The molecule has 0 unspecified atom stereocenters. The number of imidazole rings is 1. The summed E-state index contributed by atoms with van der Waals surface area (Å²) in [5.41, 5.74) is 1.80. The van der Waals surface area contributed by atoms with E-state index < -0.39 is 0 Å². The van der Waals surface area contributed by atoms with E-state index in [1.807, 2.05) is 29.2 Å². The van der Waals surface area contributed by atoms with Crippen LogP contribution in [0.1, 0.15) is 19.3 Å². The van der Waals surface area contributed by atoms with Crippen LogP contribution >= 0.6 is 0 Å². The fraction of sp³-hybridized carbons (Fsp3) is 0.385. The number of aromatic amines is 1. The van der Waals surface area contributed by atoms with Crippen LogP contribution in [0.3, 0.4) is 0 Å². The van der Waals surface area contributed by atoms with E-state index in [0.717, 1.165) is 37.0 Å². The molecule has 1 aromatic heterocycles. The molecule has 2 aromatic rings. The Balaban J connectivity index is 1.73. The Kier molecular flexibility index (Phi) is 2.88. The second kappa shape index (κ2) is 4.68. The highest BCUT2D eigenvalue weighted by atomic mass is 16.2. The number of carbonyl (C=O) groups is 1. The first kappa shape index (κ1) is 11.1. The highest BCUT2D eigenvalue weighted by Crippen LogP contribution is 2.15. The number of fused-ring (bicyclic) bond motifs is 1. The summed E-state index contributed by atoms with van der Waals surface area (Å²) < 4.78 is 0. The lowest BCUT2D eigenvalue weighted by Gasteiger charge is -2.26. The Morgan fingerprint density at radius 3 is 2.78 bits per heavy atom. The molecular formula is C13H16N4O. The summed E-state index contributed by atoms with van der Waals surface area (Å²) in [6, 6.07) is 7.67. The molecule has 1 aromatic carbocycles. The van der Waals surface area contributed by atoms with E-state index in [-0.39, 0.29) is 6.03 Å². The van der Waals surface area contributed by atoms with Crippen LogP contribution in [0.25, 0.3) is 11.0 Å². The number of anilines is 1. The number of hydrogen-bond donors (Lipinski definition) is 2. The molecule has 5 nitrogen and oxygen atoms in total. The van der Waals surface area contributed by atoms with Crippen molar-refractivity contribution in [3.63, 3.8) is 0 Å². The van der Waals surface area contributed by atoms with Crippen molar-refractivity contribution >= 4 is 23.0 Å². The van der Waals surface area contributed by atoms with Crippen molar-refractivity contribution in [2.75, 3.05) is 18.4 Å². The molecule has 0 spiro atoms. The average Bonchev–Trinajstić information content (AvgIpc) is 2.82. The Morgan fingerprint density at radius 2 is 2.00 bits per heavy atom. The lowest BCUT2D eigenvalue weighted by Crippen LogP contribution is -2.38. The van der Waals surface area contributed by atoms with Crippen molar-refractivity contribution in [1.82, 2.24) is 14.9 Å². The first-order chi connectivity index (χ1) is 8.83. The molecule has 1 aliphatic rings. The van der Waals surface area contributed by atoms with E-state index in [4.69, 9.17) is 0 Å². The van der Waals surface area contributed by atoms with Crippen LogP contribution in [0.15, 0.2) is 24.3 Å². The number of nitrogens with zero attached hydrogens (tertiary/aromatic N) is 2. The fourth-order valence-electron chi connectivity index (χ4n) is 2.29. The number of H-pyrrole nitrogens is 1. The minimum Gasteiger partial charge on any atom is -0.324 e. The molecule has 2 amide bonds. The monoisotopic (exact) mass is 244 g/mol. The summed E-state index contributed by atoms with van der Waals surface area (Å²) in [7, 11) is 0. The van der Waals surface area contributed by atoms with Crippen molar-refractivity contribution in [1.29, 1.82) is 0 Å². The van der Waals surface area contributed by atoms with Gasteiger partial charge in [-0.1, -0.05) is 12.1 Å². The number of piperidine rings is 1. The van der Waals surface area contributed by atoms with Gasteiger partial charge in [-0.05, 0) is 31.4 Å². The second-order valence-corrected chi connectivity index (χ2v) is 4.58. The van der Waals surface area contributed by atoms with Crippen LogP contribution in [-0.4, -0.2) is 34.0 Å².